The minimum absolute atomic E-state index is 0.00783. The van der Waals surface area contributed by atoms with Crippen molar-refractivity contribution in [1.29, 1.82) is 0 Å². The van der Waals surface area contributed by atoms with Crippen LogP contribution in [0, 0.1) is 0 Å². The van der Waals surface area contributed by atoms with E-state index in [1.807, 2.05) is 55.6 Å². The molecule has 0 aliphatic carbocycles. The van der Waals surface area contributed by atoms with Crippen molar-refractivity contribution in [1.82, 2.24) is 0 Å². The van der Waals surface area contributed by atoms with E-state index in [1.54, 1.807) is 48.5 Å². The lowest BCUT2D eigenvalue weighted by molar-refractivity contribution is 0.481. The van der Waals surface area contributed by atoms with Gasteiger partial charge in [0.2, 0.25) is 0 Å². The lowest BCUT2D eigenvalue weighted by atomic mass is 10.1. The number of fused-ring (bicyclic) bond motifs is 4. The second kappa shape index (κ2) is 14.6. The molecule has 0 amide bonds. The Bertz CT molecular complexity index is 3260. The van der Waals surface area contributed by atoms with Crippen molar-refractivity contribution in [2.45, 2.75) is 9.79 Å². The van der Waals surface area contributed by atoms with Crippen molar-refractivity contribution in [3.63, 3.8) is 0 Å². The van der Waals surface area contributed by atoms with Gasteiger partial charge in [0, 0.05) is 45.1 Å². The van der Waals surface area contributed by atoms with Gasteiger partial charge >= 0.3 is 0 Å². The Kier molecular flexibility index (Phi) is 9.46. The summed E-state index contributed by atoms with van der Waals surface area (Å²) in [6, 6.07) is 36.4. The lowest BCUT2D eigenvalue weighted by Gasteiger charge is -2.08. The Morgan fingerprint density at radius 3 is 1.65 bits per heavy atom. The predicted octanol–water partition coefficient (Wildman–Crippen LogP) is 11.8. The fraction of sp³-hybridized carbons (Fsp3) is 0.0244. The topological polar surface area (TPSA) is 215 Å². The molecule has 4 N–H and O–H groups in total. The number of hydrogen-bond donors (Lipinski definition) is 4. The summed E-state index contributed by atoms with van der Waals surface area (Å²) in [5.74, 6) is 0.00783. The molecule has 0 heterocycles. The molecule has 0 saturated carbocycles. The average Bonchev–Trinajstić information content (AvgIpc) is 3.21. The molecule has 16 heteroatoms. The minimum atomic E-state index is -4.59. The van der Waals surface area contributed by atoms with Gasteiger partial charge in [-0.3, -0.25) is 9.11 Å². The highest BCUT2D eigenvalue weighted by Crippen LogP contribution is 2.41. The Hall–Kier alpha value is -6.98. The van der Waals surface area contributed by atoms with Gasteiger partial charge in [0.25, 0.3) is 20.2 Å². The molecule has 0 aliphatic rings. The van der Waals surface area contributed by atoms with E-state index in [-0.39, 0.29) is 32.3 Å². The van der Waals surface area contributed by atoms with E-state index in [0.717, 1.165) is 11.1 Å². The van der Waals surface area contributed by atoms with Crippen LogP contribution in [0.25, 0.3) is 43.1 Å². The smallest absolute Gasteiger partial charge is 0.295 e. The van der Waals surface area contributed by atoms with Gasteiger partial charge in [-0.2, -0.15) is 21.9 Å². The Balaban J connectivity index is 1.15. The number of aromatic hydroxyl groups is 1. The Labute approximate surface area is 325 Å². The quantitative estimate of drug-likeness (QED) is 0.0812. The first-order valence-electron chi connectivity index (χ1n) is 17.1. The van der Waals surface area contributed by atoms with Crippen molar-refractivity contribution in [2.24, 2.45) is 30.7 Å². The maximum atomic E-state index is 12.2. The van der Waals surface area contributed by atoms with Crippen molar-refractivity contribution >= 4 is 103 Å². The van der Waals surface area contributed by atoms with Gasteiger partial charge in [-0.25, -0.2) is 0 Å². The van der Waals surface area contributed by atoms with Gasteiger partial charge in [-0.1, -0.05) is 54.6 Å². The van der Waals surface area contributed by atoms with Gasteiger partial charge in [-0.05, 0) is 89.6 Å². The molecule has 8 aromatic rings. The number of nitrogens with one attached hydrogen (secondary N) is 1. The summed E-state index contributed by atoms with van der Waals surface area (Å²) in [5.41, 5.74) is 3.08. The number of rotatable bonds is 9. The minimum Gasteiger partial charge on any atom is -0.505 e. The first kappa shape index (κ1) is 37.0. The zero-order chi connectivity index (χ0) is 39.9. The normalized spacial score (nSPS) is 12.6. The zero-order valence-corrected chi connectivity index (χ0v) is 31.3. The molecule has 0 fully saturated rings. The van der Waals surface area contributed by atoms with Crippen LogP contribution in [-0.2, 0) is 20.2 Å². The van der Waals surface area contributed by atoms with Crippen LogP contribution in [0.4, 0.5) is 39.8 Å². The van der Waals surface area contributed by atoms with Crippen LogP contribution in [0.5, 0.6) is 5.75 Å². The molecule has 0 atom stereocenters. The number of azo groups is 3. The Morgan fingerprint density at radius 1 is 0.456 bits per heavy atom. The number of nitrogens with zero attached hydrogens (tertiary/aromatic N) is 6. The van der Waals surface area contributed by atoms with Gasteiger partial charge in [0.05, 0.1) is 33.3 Å². The highest BCUT2D eigenvalue weighted by atomic mass is 32.2. The maximum absolute atomic E-state index is 12.2. The second-order valence-corrected chi connectivity index (χ2v) is 15.6. The van der Waals surface area contributed by atoms with Crippen LogP contribution in [0.2, 0.25) is 0 Å². The van der Waals surface area contributed by atoms with Crippen molar-refractivity contribution in [2.75, 3.05) is 12.4 Å². The van der Waals surface area contributed by atoms with Crippen LogP contribution in [0.1, 0.15) is 0 Å². The maximum Gasteiger partial charge on any atom is 0.295 e. The summed E-state index contributed by atoms with van der Waals surface area (Å²) in [4.78, 5) is -0.639. The van der Waals surface area contributed by atoms with E-state index in [4.69, 9.17) is 0 Å². The lowest BCUT2D eigenvalue weighted by Crippen LogP contribution is -1.98. The fourth-order valence-electron chi connectivity index (χ4n) is 6.46. The predicted molar refractivity (Wildman–Crippen MR) is 219 cm³/mol. The molecule has 8 rings (SSSR count). The van der Waals surface area contributed by atoms with Crippen LogP contribution >= 0.6 is 0 Å². The molecule has 8 aromatic carbocycles. The van der Waals surface area contributed by atoms with Gasteiger partial charge in [-0.15, -0.1) is 25.6 Å². The summed E-state index contributed by atoms with van der Waals surface area (Å²) in [6.45, 7) is 0. The summed E-state index contributed by atoms with van der Waals surface area (Å²) in [5, 5.41) is 44.9. The summed E-state index contributed by atoms with van der Waals surface area (Å²) >= 11 is 0. The van der Waals surface area contributed by atoms with E-state index in [0.29, 0.717) is 55.1 Å². The van der Waals surface area contributed by atoms with E-state index in [2.05, 4.69) is 36.0 Å². The standard InChI is InChI=1S/C41H29N7O7S2/c1-42-26-12-14-29-25(21-26)10-16-39(41(29)49)48-46-36-18-17-35(30-6-2-3-7-31(30)36)45-47-38-20-19-37(32-15-13-28(23-34(32)38)56(50,51)52)44-43-27-11-9-24-5-4-8-40(33(24)22-27)57(53,54)55/h2-23,42,49H,1H3,(H,50,51,52)(H,53,54,55). The second-order valence-electron chi connectivity index (χ2n) is 12.8. The third-order valence-corrected chi connectivity index (χ3v) is 11.0. The summed E-state index contributed by atoms with van der Waals surface area (Å²) in [7, 11) is -7.28. The van der Waals surface area contributed by atoms with Crippen molar-refractivity contribution in [3.05, 3.63) is 133 Å². The van der Waals surface area contributed by atoms with E-state index in [9.17, 15) is 31.0 Å². The molecular formula is C41H29N7O7S2. The molecule has 0 aromatic heterocycles. The van der Waals surface area contributed by atoms with Crippen LogP contribution in [0.3, 0.4) is 0 Å². The van der Waals surface area contributed by atoms with Gasteiger partial charge < -0.3 is 10.4 Å². The summed E-state index contributed by atoms with van der Waals surface area (Å²) < 4.78 is 67.9. The molecular weight excluding hydrogens is 767 g/mol. The SMILES string of the molecule is CNc1ccc2c(O)c(N=Nc3ccc(N=Nc4ccc(N=Nc5ccc6cccc(S(=O)(=O)O)c6c5)c5ccc(S(=O)(=O)O)cc45)c4ccccc34)ccc2c1. The first-order chi connectivity index (χ1) is 27.4. The highest BCUT2D eigenvalue weighted by molar-refractivity contribution is 7.86. The first-order valence-corrected chi connectivity index (χ1v) is 20.0. The molecule has 0 bridgehead atoms. The van der Waals surface area contributed by atoms with Crippen molar-refractivity contribution < 1.29 is 31.0 Å². The van der Waals surface area contributed by atoms with Crippen molar-refractivity contribution in [3.8, 4) is 5.75 Å². The Morgan fingerprint density at radius 2 is 1.02 bits per heavy atom. The van der Waals surface area contributed by atoms with E-state index >= 15 is 0 Å². The van der Waals surface area contributed by atoms with E-state index in [1.165, 1.54) is 36.4 Å². The molecule has 0 radical (unpaired) electrons. The number of benzene rings is 8. The molecule has 0 spiro atoms. The van der Waals surface area contributed by atoms with Gasteiger partial charge in [0.15, 0.2) is 5.75 Å². The van der Waals surface area contributed by atoms with Crippen LogP contribution in [-0.4, -0.2) is 38.1 Å². The molecule has 282 valence electrons. The highest BCUT2D eigenvalue weighted by Gasteiger charge is 2.16. The molecule has 0 aliphatic heterocycles. The number of phenols is 1. The largest absolute Gasteiger partial charge is 0.505 e. The monoisotopic (exact) mass is 795 g/mol. The van der Waals surface area contributed by atoms with Crippen LogP contribution in [0.15, 0.2) is 174 Å². The number of anilines is 1. The number of hydrogen-bond acceptors (Lipinski definition) is 12. The molecule has 57 heavy (non-hydrogen) atoms. The molecule has 0 saturated heterocycles. The average molecular weight is 796 g/mol. The third kappa shape index (κ3) is 7.40. The zero-order valence-electron chi connectivity index (χ0n) is 29.7. The molecule has 14 nitrogen and oxygen atoms in total. The van der Waals surface area contributed by atoms with Gasteiger partial charge in [0.1, 0.15) is 10.6 Å². The third-order valence-electron chi connectivity index (χ3n) is 9.28. The van der Waals surface area contributed by atoms with Crippen LogP contribution < -0.4 is 5.32 Å². The fourth-order valence-corrected chi connectivity index (χ4v) is 7.67. The molecule has 0 unspecified atom stereocenters. The summed E-state index contributed by atoms with van der Waals surface area (Å²) in [6.07, 6.45) is 0. The number of phenolic OH excluding ortho intramolecular Hbond substituents is 1. The van der Waals surface area contributed by atoms with E-state index < -0.39 is 20.2 Å².